The van der Waals surface area contributed by atoms with E-state index in [0.717, 1.165) is 23.7 Å². The zero-order chi connectivity index (χ0) is 13.0. The minimum atomic E-state index is 0.746. The van der Waals surface area contributed by atoms with Crippen LogP contribution in [0, 0.1) is 23.7 Å². The van der Waals surface area contributed by atoms with Gasteiger partial charge >= 0.3 is 0 Å². The molecule has 0 saturated heterocycles. The van der Waals surface area contributed by atoms with Crippen LogP contribution in [0.3, 0.4) is 0 Å². The molecule has 2 unspecified atom stereocenters. The van der Waals surface area contributed by atoms with Crippen LogP contribution in [0.25, 0.3) is 0 Å². The van der Waals surface area contributed by atoms with Crippen molar-refractivity contribution < 1.29 is 0 Å². The van der Waals surface area contributed by atoms with Gasteiger partial charge in [0.1, 0.15) is 0 Å². The van der Waals surface area contributed by atoms with E-state index < -0.39 is 0 Å². The highest BCUT2D eigenvalue weighted by molar-refractivity contribution is 5.07. The number of rotatable bonds is 4. The first-order valence-electron chi connectivity index (χ1n) is 8.39. The molecule has 2 fully saturated rings. The maximum atomic E-state index is 4.49. The second kappa shape index (κ2) is 6.78. The minimum Gasteiger partial charge on any atom is -0.0993 e. The summed E-state index contributed by atoms with van der Waals surface area (Å²) in [5.74, 6) is 3.44. The highest BCUT2D eigenvalue weighted by Gasteiger charge is 2.29. The van der Waals surface area contributed by atoms with Gasteiger partial charge in [-0.25, -0.2) is 0 Å². The average Bonchev–Trinajstić information content (AvgIpc) is 2.47. The zero-order valence-corrected chi connectivity index (χ0v) is 12.6. The molecule has 0 amide bonds. The highest BCUT2D eigenvalue weighted by Crippen LogP contribution is 2.40. The molecule has 2 atom stereocenters. The van der Waals surface area contributed by atoms with Gasteiger partial charge in [-0.2, -0.15) is 0 Å². The van der Waals surface area contributed by atoms with E-state index in [-0.39, 0.29) is 0 Å². The Morgan fingerprint density at radius 3 is 1.89 bits per heavy atom. The Labute approximate surface area is 114 Å². The standard InChI is InChI=1S/C18H32/c1-14(15(2)17-10-6-4-7-11-17)16(3)18-12-8-5-9-13-18/h14,16-18H,2,4-13H2,1,3H3. The Morgan fingerprint density at radius 2 is 1.33 bits per heavy atom. The van der Waals surface area contributed by atoms with E-state index in [2.05, 4.69) is 20.4 Å². The Balaban J connectivity index is 1.87. The van der Waals surface area contributed by atoms with E-state index >= 15 is 0 Å². The van der Waals surface area contributed by atoms with Gasteiger partial charge < -0.3 is 0 Å². The molecule has 2 aliphatic rings. The molecule has 0 heterocycles. The van der Waals surface area contributed by atoms with Crippen molar-refractivity contribution in [3.05, 3.63) is 12.2 Å². The topological polar surface area (TPSA) is 0 Å². The van der Waals surface area contributed by atoms with Crippen LogP contribution in [0.1, 0.15) is 78.1 Å². The second-order valence-corrected chi connectivity index (χ2v) is 6.96. The van der Waals surface area contributed by atoms with Crippen LogP contribution < -0.4 is 0 Å². The third-order valence-electron chi connectivity index (χ3n) is 5.90. The molecule has 0 nitrogen and oxygen atoms in total. The van der Waals surface area contributed by atoms with E-state index in [1.807, 2.05) is 0 Å². The molecule has 2 rings (SSSR count). The fraction of sp³-hybridized carbons (Fsp3) is 0.889. The highest BCUT2D eigenvalue weighted by atomic mass is 14.3. The molecule has 0 radical (unpaired) electrons. The Hall–Kier alpha value is -0.260. The van der Waals surface area contributed by atoms with Gasteiger partial charge in [0, 0.05) is 0 Å². The Bertz CT molecular complexity index is 253. The third kappa shape index (κ3) is 3.39. The SMILES string of the molecule is C=C(C1CCCCC1)C(C)C(C)C1CCCCC1. The Morgan fingerprint density at radius 1 is 0.833 bits per heavy atom. The van der Waals surface area contributed by atoms with Crippen molar-refractivity contribution in [1.82, 2.24) is 0 Å². The predicted molar refractivity (Wildman–Crippen MR) is 80.6 cm³/mol. The van der Waals surface area contributed by atoms with Crippen LogP contribution in [0.15, 0.2) is 12.2 Å². The van der Waals surface area contributed by atoms with E-state index in [1.165, 1.54) is 64.2 Å². The first-order valence-corrected chi connectivity index (χ1v) is 8.39. The van der Waals surface area contributed by atoms with Gasteiger partial charge in [-0.1, -0.05) is 77.4 Å². The van der Waals surface area contributed by atoms with Gasteiger partial charge in [0.2, 0.25) is 0 Å². The molecule has 0 aromatic heterocycles. The molecular weight excluding hydrogens is 216 g/mol. The molecule has 0 N–H and O–H groups in total. The average molecular weight is 248 g/mol. The fourth-order valence-corrected chi connectivity index (χ4v) is 4.25. The van der Waals surface area contributed by atoms with Crippen LogP contribution in [0.5, 0.6) is 0 Å². The van der Waals surface area contributed by atoms with Gasteiger partial charge in [-0.3, -0.25) is 0 Å². The third-order valence-corrected chi connectivity index (χ3v) is 5.90. The lowest BCUT2D eigenvalue weighted by atomic mass is 9.70. The lowest BCUT2D eigenvalue weighted by molar-refractivity contribution is 0.209. The quantitative estimate of drug-likeness (QED) is 0.537. The van der Waals surface area contributed by atoms with Crippen molar-refractivity contribution in [1.29, 1.82) is 0 Å². The molecule has 0 aromatic carbocycles. The largest absolute Gasteiger partial charge is 0.0993 e. The number of hydrogen-bond acceptors (Lipinski definition) is 0. The molecule has 2 aliphatic carbocycles. The van der Waals surface area contributed by atoms with E-state index in [1.54, 1.807) is 5.57 Å². The number of allylic oxidation sites excluding steroid dienone is 1. The molecular formula is C18H32. The van der Waals surface area contributed by atoms with Crippen LogP contribution in [-0.2, 0) is 0 Å². The monoisotopic (exact) mass is 248 g/mol. The van der Waals surface area contributed by atoms with Crippen LogP contribution in [0.2, 0.25) is 0 Å². The van der Waals surface area contributed by atoms with Crippen molar-refractivity contribution in [3.63, 3.8) is 0 Å². The summed E-state index contributed by atoms with van der Waals surface area (Å²) in [4.78, 5) is 0. The van der Waals surface area contributed by atoms with Gasteiger partial charge in [0.15, 0.2) is 0 Å². The van der Waals surface area contributed by atoms with Crippen molar-refractivity contribution >= 4 is 0 Å². The maximum Gasteiger partial charge on any atom is -0.0203 e. The van der Waals surface area contributed by atoms with Crippen LogP contribution >= 0.6 is 0 Å². The summed E-state index contributed by atoms with van der Waals surface area (Å²) in [6, 6.07) is 0. The lowest BCUT2D eigenvalue weighted by Gasteiger charge is -2.36. The van der Waals surface area contributed by atoms with Crippen molar-refractivity contribution in [3.8, 4) is 0 Å². The number of hydrogen-bond donors (Lipinski definition) is 0. The summed E-state index contributed by atoms with van der Waals surface area (Å²) >= 11 is 0. The molecule has 0 bridgehead atoms. The van der Waals surface area contributed by atoms with Crippen molar-refractivity contribution in [2.24, 2.45) is 23.7 Å². The molecule has 104 valence electrons. The van der Waals surface area contributed by atoms with Crippen molar-refractivity contribution in [2.45, 2.75) is 78.1 Å². The summed E-state index contributed by atoms with van der Waals surface area (Å²) < 4.78 is 0. The summed E-state index contributed by atoms with van der Waals surface area (Å²) in [7, 11) is 0. The predicted octanol–water partition coefficient (Wildman–Crippen LogP) is 5.98. The summed E-state index contributed by atoms with van der Waals surface area (Å²) in [5, 5.41) is 0. The van der Waals surface area contributed by atoms with Gasteiger partial charge in [-0.05, 0) is 36.5 Å². The zero-order valence-electron chi connectivity index (χ0n) is 12.6. The molecule has 0 heteroatoms. The van der Waals surface area contributed by atoms with E-state index in [4.69, 9.17) is 0 Å². The van der Waals surface area contributed by atoms with E-state index in [0.29, 0.717) is 0 Å². The van der Waals surface area contributed by atoms with Crippen LogP contribution in [-0.4, -0.2) is 0 Å². The first-order chi connectivity index (χ1) is 8.70. The molecule has 2 saturated carbocycles. The summed E-state index contributed by atoms with van der Waals surface area (Å²) in [5.41, 5.74) is 1.59. The Kier molecular flexibility index (Phi) is 5.33. The van der Waals surface area contributed by atoms with Crippen molar-refractivity contribution in [2.75, 3.05) is 0 Å². The molecule has 0 spiro atoms. The second-order valence-electron chi connectivity index (χ2n) is 6.96. The van der Waals surface area contributed by atoms with E-state index in [9.17, 15) is 0 Å². The lowest BCUT2D eigenvalue weighted by Crippen LogP contribution is -2.25. The minimum absolute atomic E-state index is 0.746. The smallest absolute Gasteiger partial charge is 0.0203 e. The molecule has 0 aliphatic heterocycles. The summed E-state index contributed by atoms with van der Waals surface area (Å²) in [6.07, 6.45) is 14.5. The normalized spacial score (nSPS) is 26.8. The molecule has 18 heavy (non-hydrogen) atoms. The maximum absolute atomic E-state index is 4.49. The van der Waals surface area contributed by atoms with Crippen LogP contribution in [0.4, 0.5) is 0 Å². The summed E-state index contributed by atoms with van der Waals surface area (Å²) in [6.45, 7) is 9.44. The van der Waals surface area contributed by atoms with Gasteiger partial charge in [0.25, 0.3) is 0 Å². The van der Waals surface area contributed by atoms with Gasteiger partial charge in [-0.15, -0.1) is 0 Å². The molecule has 0 aromatic rings. The van der Waals surface area contributed by atoms with Gasteiger partial charge in [0.05, 0.1) is 0 Å². The fourth-order valence-electron chi connectivity index (χ4n) is 4.25. The first kappa shape index (κ1) is 14.2.